The quantitative estimate of drug-likeness (QED) is 0.752. The molecule has 0 aliphatic heterocycles. The fourth-order valence-electron chi connectivity index (χ4n) is 1.34. The van der Waals surface area contributed by atoms with Crippen LogP contribution in [0.3, 0.4) is 0 Å². The number of hydrogen-bond acceptors (Lipinski definition) is 1. The van der Waals surface area contributed by atoms with Gasteiger partial charge in [-0.05, 0) is 12.1 Å². The Labute approximate surface area is 112 Å². The Hall–Kier alpha value is -0.540. The van der Waals surface area contributed by atoms with Crippen LogP contribution in [0, 0.1) is 0 Å². The van der Waals surface area contributed by atoms with Gasteiger partial charge in [0.2, 0.25) is 0 Å². The molecule has 0 aliphatic rings. The first-order valence-electron chi connectivity index (χ1n) is 4.22. The molecule has 0 saturated heterocycles. The van der Waals surface area contributed by atoms with E-state index in [-0.39, 0.29) is 20.8 Å². The Kier molecular flexibility index (Phi) is 3.27. The predicted molar refractivity (Wildman–Crippen MR) is 67.5 cm³/mol. The molecule has 0 bridgehead atoms. The lowest BCUT2D eigenvalue weighted by molar-refractivity contribution is 0.472. The van der Waals surface area contributed by atoms with Gasteiger partial charge in [0.15, 0.2) is 0 Å². The van der Waals surface area contributed by atoms with Crippen LogP contribution in [-0.2, 0) is 0 Å². The summed E-state index contributed by atoms with van der Waals surface area (Å²) >= 11 is 23.6. The van der Waals surface area contributed by atoms with Crippen molar-refractivity contribution in [3.63, 3.8) is 0 Å². The fourth-order valence-corrected chi connectivity index (χ4v) is 2.24. The number of nitrogens with zero attached hydrogens (tertiary/aromatic N) is 1. The molecule has 0 radical (unpaired) electrons. The van der Waals surface area contributed by atoms with Gasteiger partial charge in [0.05, 0.1) is 15.1 Å². The molecule has 16 heavy (non-hydrogen) atoms. The Morgan fingerprint density at radius 1 is 1.06 bits per heavy atom. The number of phenols is 1. The first-order valence-corrected chi connectivity index (χ1v) is 5.73. The van der Waals surface area contributed by atoms with Gasteiger partial charge in [0.25, 0.3) is 0 Å². The number of aromatic nitrogens is 1. The van der Waals surface area contributed by atoms with E-state index >= 15 is 0 Å². The summed E-state index contributed by atoms with van der Waals surface area (Å²) in [7, 11) is 0. The van der Waals surface area contributed by atoms with Crippen LogP contribution >= 0.6 is 46.4 Å². The molecular formula is C10H5Cl4NO. The monoisotopic (exact) mass is 295 g/mol. The summed E-state index contributed by atoms with van der Waals surface area (Å²) in [5.74, 6) is -0.0856. The fraction of sp³-hybridized carbons (Fsp3) is 0. The molecule has 0 fully saturated rings. The van der Waals surface area contributed by atoms with E-state index in [9.17, 15) is 5.11 Å². The highest BCUT2D eigenvalue weighted by molar-refractivity contribution is 6.49. The van der Waals surface area contributed by atoms with Crippen LogP contribution in [0.15, 0.2) is 24.4 Å². The van der Waals surface area contributed by atoms with Gasteiger partial charge in [0, 0.05) is 12.3 Å². The zero-order valence-corrected chi connectivity index (χ0v) is 10.7. The van der Waals surface area contributed by atoms with E-state index in [1.165, 1.54) is 10.6 Å². The smallest absolute Gasteiger partial charge is 0.142 e. The molecule has 1 heterocycles. The molecule has 0 spiro atoms. The number of aromatic hydroxyl groups is 1. The highest BCUT2D eigenvalue weighted by atomic mass is 35.5. The van der Waals surface area contributed by atoms with Crippen molar-refractivity contribution in [2.24, 2.45) is 0 Å². The third-order valence-electron chi connectivity index (χ3n) is 2.06. The van der Waals surface area contributed by atoms with E-state index in [4.69, 9.17) is 46.4 Å². The number of halogens is 4. The summed E-state index contributed by atoms with van der Waals surface area (Å²) < 4.78 is 1.52. The second-order valence-electron chi connectivity index (χ2n) is 3.06. The molecule has 0 atom stereocenters. The number of hydrogen-bond donors (Lipinski definition) is 1. The molecule has 0 saturated carbocycles. The molecule has 2 aromatic rings. The average molecular weight is 297 g/mol. The molecule has 2 rings (SSSR count). The van der Waals surface area contributed by atoms with Crippen molar-refractivity contribution < 1.29 is 5.11 Å². The van der Waals surface area contributed by atoms with Crippen molar-refractivity contribution in [1.29, 1.82) is 0 Å². The molecule has 6 heteroatoms. The number of benzene rings is 1. The van der Waals surface area contributed by atoms with Crippen LogP contribution in [0.25, 0.3) is 5.69 Å². The second kappa shape index (κ2) is 4.38. The van der Waals surface area contributed by atoms with Crippen molar-refractivity contribution in [2.45, 2.75) is 0 Å². The SMILES string of the molecule is Oc1cc(Cl)c(Cl)c(Cl)c1-n1cccc1Cl. The van der Waals surface area contributed by atoms with E-state index in [1.807, 2.05) is 0 Å². The Bertz CT molecular complexity index is 550. The van der Waals surface area contributed by atoms with Crippen molar-refractivity contribution in [2.75, 3.05) is 0 Å². The number of rotatable bonds is 1. The van der Waals surface area contributed by atoms with E-state index < -0.39 is 0 Å². The van der Waals surface area contributed by atoms with Crippen molar-refractivity contribution in [3.05, 3.63) is 44.6 Å². The van der Waals surface area contributed by atoms with Crippen molar-refractivity contribution >= 4 is 46.4 Å². The Morgan fingerprint density at radius 3 is 2.31 bits per heavy atom. The minimum Gasteiger partial charge on any atom is -0.506 e. The van der Waals surface area contributed by atoms with Crippen molar-refractivity contribution in [3.8, 4) is 11.4 Å². The van der Waals surface area contributed by atoms with E-state index in [0.717, 1.165) is 0 Å². The second-order valence-corrected chi connectivity index (χ2v) is 4.61. The Balaban J connectivity index is 2.76. The summed E-state index contributed by atoms with van der Waals surface area (Å²) in [5.41, 5.74) is 0.311. The van der Waals surface area contributed by atoms with E-state index in [2.05, 4.69) is 0 Å². The minimum atomic E-state index is -0.0856. The highest BCUT2D eigenvalue weighted by Crippen LogP contribution is 2.41. The topological polar surface area (TPSA) is 25.2 Å². The Morgan fingerprint density at radius 2 is 1.75 bits per heavy atom. The lowest BCUT2D eigenvalue weighted by Gasteiger charge is -2.12. The summed E-state index contributed by atoms with van der Waals surface area (Å²) in [4.78, 5) is 0. The van der Waals surface area contributed by atoms with Gasteiger partial charge >= 0.3 is 0 Å². The van der Waals surface area contributed by atoms with Crippen LogP contribution in [0.4, 0.5) is 0 Å². The molecule has 2 nitrogen and oxygen atoms in total. The van der Waals surface area contributed by atoms with E-state index in [0.29, 0.717) is 10.8 Å². The van der Waals surface area contributed by atoms with E-state index in [1.54, 1.807) is 18.3 Å². The molecule has 1 aromatic carbocycles. The lowest BCUT2D eigenvalue weighted by Crippen LogP contribution is -1.94. The summed E-state index contributed by atoms with van der Waals surface area (Å²) in [6, 6.07) is 4.71. The van der Waals surface area contributed by atoms with Gasteiger partial charge in [-0.1, -0.05) is 46.4 Å². The van der Waals surface area contributed by atoms with Gasteiger partial charge in [-0.25, -0.2) is 0 Å². The first-order chi connectivity index (χ1) is 7.52. The standard InChI is InChI=1S/C10H5Cl4NO/c11-5-4-6(16)10(9(14)8(5)13)15-3-1-2-7(15)12/h1-4,16H. The zero-order valence-electron chi connectivity index (χ0n) is 7.72. The first kappa shape index (κ1) is 11.9. The predicted octanol–water partition coefficient (Wildman–Crippen LogP) is 4.80. The molecule has 0 unspecified atom stereocenters. The summed E-state index contributed by atoms with van der Waals surface area (Å²) in [6.45, 7) is 0. The maximum atomic E-state index is 9.79. The largest absolute Gasteiger partial charge is 0.506 e. The summed E-state index contributed by atoms with van der Waals surface area (Å²) in [5, 5.41) is 10.7. The average Bonchev–Trinajstić information content (AvgIpc) is 2.62. The molecule has 1 N–H and O–H groups in total. The molecule has 0 aliphatic carbocycles. The molecule has 0 amide bonds. The minimum absolute atomic E-state index is 0.0856. The molecular weight excluding hydrogens is 292 g/mol. The van der Waals surface area contributed by atoms with Crippen LogP contribution < -0.4 is 0 Å². The maximum absolute atomic E-state index is 9.79. The van der Waals surface area contributed by atoms with Gasteiger partial charge in [-0.3, -0.25) is 0 Å². The molecule has 1 aromatic heterocycles. The number of phenolic OH excluding ortho intramolecular Hbond substituents is 1. The van der Waals surface area contributed by atoms with Gasteiger partial charge < -0.3 is 9.67 Å². The van der Waals surface area contributed by atoms with Crippen LogP contribution in [0.5, 0.6) is 5.75 Å². The third kappa shape index (κ3) is 1.87. The molecule has 84 valence electrons. The van der Waals surface area contributed by atoms with Crippen LogP contribution in [0.1, 0.15) is 0 Å². The van der Waals surface area contributed by atoms with Gasteiger partial charge in [0.1, 0.15) is 16.6 Å². The normalized spacial score (nSPS) is 10.8. The van der Waals surface area contributed by atoms with Gasteiger partial charge in [-0.2, -0.15) is 0 Å². The maximum Gasteiger partial charge on any atom is 0.142 e. The zero-order chi connectivity index (χ0) is 11.9. The third-order valence-corrected chi connectivity index (χ3v) is 3.62. The summed E-state index contributed by atoms with van der Waals surface area (Å²) in [6.07, 6.45) is 1.66. The van der Waals surface area contributed by atoms with Crippen LogP contribution in [0.2, 0.25) is 20.2 Å². The highest BCUT2D eigenvalue weighted by Gasteiger charge is 2.16. The van der Waals surface area contributed by atoms with Crippen LogP contribution in [-0.4, -0.2) is 9.67 Å². The van der Waals surface area contributed by atoms with Gasteiger partial charge in [-0.15, -0.1) is 0 Å². The van der Waals surface area contributed by atoms with Crippen molar-refractivity contribution in [1.82, 2.24) is 4.57 Å². The lowest BCUT2D eigenvalue weighted by atomic mass is 10.3.